The molecular weight excluding hydrogens is 579 g/mol. The number of fused-ring (bicyclic) bond motifs is 15. The summed E-state index contributed by atoms with van der Waals surface area (Å²) in [7, 11) is 0. The van der Waals surface area contributed by atoms with E-state index in [0.717, 1.165) is 12.8 Å². The maximum absolute atomic E-state index is 2.61. The second kappa shape index (κ2) is 9.14. The lowest BCUT2D eigenvalue weighted by molar-refractivity contribution is 0.585. The lowest BCUT2D eigenvalue weighted by atomic mass is 9.69. The molecule has 7 aromatic rings. The Morgan fingerprint density at radius 3 is 1.83 bits per heavy atom. The van der Waals surface area contributed by atoms with Gasteiger partial charge in [-0.05, 0) is 92.1 Å². The smallest absolute Gasteiger partial charge is 0.0725 e. The van der Waals surface area contributed by atoms with Gasteiger partial charge in [-0.15, -0.1) is 0 Å². The number of hydrogen-bond donors (Lipinski definition) is 0. The van der Waals surface area contributed by atoms with Gasteiger partial charge in [0.1, 0.15) is 0 Å². The fourth-order valence-electron chi connectivity index (χ4n) is 10.2. The minimum absolute atomic E-state index is 0.0386. The molecule has 1 aromatic heterocycles. The van der Waals surface area contributed by atoms with Gasteiger partial charge in [-0.3, -0.25) is 0 Å². The van der Waals surface area contributed by atoms with Gasteiger partial charge in [0, 0.05) is 16.0 Å². The number of para-hydroxylation sites is 2. The average Bonchev–Trinajstić information content (AvgIpc) is 3.73. The molecule has 0 fully saturated rings. The highest BCUT2D eigenvalue weighted by molar-refractivity contribution is 5.95. The van der Waals surface area contributed by atoms with E-state index in [9.17, 15) is 0 Å². The zero-order chi connectivity index (χ0) is 31.8. The first-order chi connectivity index (χ1) is 23.6. The average molecular weight is 614 g/mol. The van der Waals surface area contributed by atoms with Crippen molar-refractivity contribution < 1.29 is 0 Å². The third kappa shape index (κ3) is 3.13. The Morgan fingerprint density at radius 1 is 0.583 bits per heavy atom. The molecule has 11 rings (SSSR count). The summed E-state index contributed by atoms with van der Waals surface area (Å²) in [5.41, 5.74) is 17.9. The zero-order valence-corrected chi connectivity index (χ0v) is 27.3. The maximum atomic E-state index is 2.61. The van der Waals surface area contributed by atoms with Crippen LogP contribution in [0.1, 0.15) is 53.6 Å². The van der Waals surface area contributed by atoms with Crippen LogP contribution in [-0.2, 0) is 17.3 Å². The SMILES string of the molecule is CC1(C)C2=c3c(c4ccccc4n3-c3ccccc31)=CC(Cc1ccc3c(c1)C1(c4ccccc4-c4ccccc41)c1ccccc1-3)C2. The van der Waals surface area contributed by atoms with Crippen LogP contribution in [0.4, 0.5) is 0 Å². The van der Waals surface area contributed by atoms with Crippen LogP contribution < -0.4 is 10.6 Å². The summed E-state index contributed by atoms with van der Waals surface area (Å²) in [6.07, 6.45) is 4.70. The molecule has 1 spiro atoms. The molecule has 48 heavy (non-hydrogen) atoms. The van der Waals surface area contributed by atoms with Crippen LogP contribution in [0, 0.1) is 5.92 Å². The fourth-order valence-corrected chi connectivity index (χ4v) is 10.2. The zero-order valence-electron chi connectivity index (χ0n) is 27.3. The van der Waals surface area contributed by atoms with Gasteiger partial charge in [0.05, 0.1) is 22.0 Å². The van der Waals surface area contributed by atoms with Gasteiger partial charge in [0.2, 0.25) is 0 Å². The summed E-state index contributed by atoms with van der Waals surface area (Å²) in [6.45, 7) is 4.89. The summed E-state index contributed by atoms with van der Waals surface area (Å²) < 4.78 is 2.55. The van der Waals surface area contributed by atoms with Crippen LogP contribution in [0.25, 0.3) is 50.5 Å². The Hall–Kier alpha value is -5.40. The number of benzene rings is 6. The summed E-state index contributed by atoms with van der Waals surface area (Å²) >= 11 is 0. The van der Waals surface area contributed by atoms with E-state index in [4.69, 9.17) is 0 Å². The Bertz CT molecular complexity index is 2600. The van der Waals surface area contributed by atoms with E-state index in [-0.39, 0.29) is 10.8 Å². The van der Waals surface area contributed by atoms with Crippen molar-refractivity contribution in [2.45, 2.75) is 37.5 Å². The van der Waals surface area contributed by atoms with Crippen molar-refractivity contribution in [1.29, 1.82) is 0 Å². The fraction of sp³-hybridized carbons (Fsp3) is 0.149. The lowest BCUT2D eigenvalue weighted by Gasteiger charge is -2.38. The molecule has 4 aliphatic rings. The van der Waals surface area contributed by atoms with Gasteiger partial charge < -0.3 is 4.57 Å². The van der Waals surface area contributed by atoms with Gasteiger partial charge in [0.15, 0.2) is 0 Å². The lowest BCUT2D eigenvalue weighted by Crippen LogP contribution is -2.44. The molecule has 0 bridgehead atoms. The largest absolute Gasteiger partial charge is 0.309 e. The van der Waals surface area contributed by atoms with Crippen molar-refractivity contribution in [2.75, 3.05) is 0 Å². The molecule has 0 radical (unpaired) electrons. The molecule has 0 N–H and O–H groups in total. The van der Waals surface area contributed by atoms with E-state index in [2.05, 4.69) is 164 Å². The quantitative estimate of drug-likeness (QED) is 0.183. The molecule has 0 saturated carbocycles. The summed E-state index contributed by atoms with van der Waals surface area (Å²) in [4.78, 5) is 0. The third-order valence-corrected chi connectivity index (χ3v) is 12.2. The predicted molar refractivity (Wildman–Crippen MR) is 198 cm³/mol. The number of hydrogen-bond acceptors (Lipinski definition) is 0. The van der Waals surface area contributed by atoms with Crippen molar-refractivity contribution >= 4 is 22.6 Å². The standard InChI is InChI=1S/C47H35N/c1-46(2)40-20-10-12-22-44(40)48-43-21-11-6-16-35(43)36-26-30(28-42(46)45(36)48)25-29-23-24-34-33-15-5-9-19-39(33)47(41(34)27-29)37-17-7-3-13-31(37)32-14-4-8-18-38(32)47/h3-24,26-27,30H,25,28H2,1-2H3. The van der Waals surface area contributed by atoms with E-state index in [1.54, 1.807) is 5.57 Å². The first kappa shape index (κ1) is 26.6. The van der Waals surface area contributed by atoms with E-state index in [1.165, 1.54) is 82.8 Å². The monoisotopic (exact) mass is 613 g/mol. The molecule has 2 heterocycles. The minimum atomic E-state index is -0.296. The van der Waals surface area contributed by atoms with E-state index >= 15 is 0 Å². The highest BCUT2D eigenvalue weighted by Gasteiger charge is 2.51. The van der Waals surface area contributed by atoms with Crippen molar-refractivity contribution in [3.05, 3.63) is 183 Å². The topological polar surface area (TPSA) is 4.93 Å². The van der Waals surface area contributed by atoms with Gasteiger partial charge in [-0.25, -0.2) is 0 Å². The number of aromatic nitrogens is 1. The Balaban J connectivity index is 1.10. The van der Waals surface area contributed by atoms with Crippen LogP contribution in [0.3, 0.4) is 0 Å². The predicted octanol–water partition coefficient (Wildman–Crippen LogP) is 9.46. The molecule has 1 heteroatoms. The van der Waals surface area contributed by atoms with E-state index < -0.39 is 0 Å². The van der Waals surface area contributed by atoms with Gasteiger partial charge >= 0.3 is 0 Å². The second-order valence-electron chi connectivity index (χ2n) is 14.8. The first-order valence-corrected chi connectivity index (χ1v) is 17.4. The molecule has 1 aliphatic heterocycles. The second-order valence-corrected chi connectivity index (χ2v) is 14.8. The minimum Gasteiger partial charge on any atom is -0.309 e. The molecular formula is C47H35N. The van der Waals surface area contributed by atoms with Crippen LogP contribution >= 0.6 is 0 Å². The van der Waals surface area contributed by atoms with Crippen molar-refractivity contribution in [3.8, 4) is 27.9 Å². The number of nitrogens with zero attached hydrogens (tertiary/aromatic N) is 1. The van der Waals surface area contributed by atoms with Crippen molar-refractivity contribution in [1.82, 2.24) is 4.57 Å². The highest BCUT2D eigenvalue weighted by atomic mass is 15.0. The molecule has 1 atom stereocenters. The van der Waals surface area contributed by atoms with Crippen molar-refractivity contribution in [2.24, 2.45) is 5.92 Å². The highest BCUT2D eigenvalue weighted by Crippen LogP contribution is 2.62. The van der Waals surface area contributed by atoms with Crippen molar-refractivity contribution in [3.63, 3.8) is 0 Å². The summed E-state index contributed by atoms with van der Waals surface area (Å²) in [6, 6.07) is 52.9. The van der Waals surface area contributed by atoms with Crippen LogP contribution in [0.2, 0.25) is 0 Å². The third-order valence-electron chi connectivity index (χ3n) is 12.2. The molecule has 1 unspecified atom stereocenters. The normalized spacial score (nSPS) is 18.0. The van der Waals surface area contributed by atoms with Crippen LogP contribution in [-0.4, -0.2) is 4.57 Å². The Morgan fingerprint density at radius 2 is 1.15 bits per heavy atom. The molecule has 1 nitrogen and oxygen atoms in total. The Kier molecular flexibility index (Phi) is 5.08. The van der Waals surface area contributed by atoms with E-state index in [1.807, 2.05) is 0 Å². The van der Waals surface area contributed by atoms with Gasteiger partial charge in [-0.2, -0.15) is 0 Å². The number of rotatable bonds is 2. The summed E-state index contributed by atoms with van der Waals surface area (Å²) in [5.74, 6) is 0.414. The molecule has 228 valence electrons. The first-order valence-electron chi connectivity index (χ1n) is 17.4. The van der Waals surface area contributed by atoms with Gasteiger partial charge in [-0.1, -0.05) is 147 Å². The van der Waals surface area contributed by atoms with Crippen LogP contribution in [0.15, 0.2) is 140 Å². The van der Waals surface area contributed by atoms with Gasteiger partial charge in [0.25, 0.3) is 0 Å². The Labute approximate surface area is 281 Å². The molecule has 0 saturated heterocycles. The maximum Gasteiger partial charge on any atom is 0.0725 e. The van der Waals surface area contributed by atoms with E-state index in [0.29, 0.717) is 5.92 Å². The molecule has 0 amide bonds. The molecule has 3 aliphatic carbocycles. The molecule has 6 aromatic carbocycles. The van der Waals surface area contributed by atoms with Crippen LogP contribution in [0.5, 0.6) is 0 Å². The summed E-state index contributed by atoms with van der Waals surface area (Å²) in [5, 5.41) is 4.21.